The first-order valence-corrected chi connectivity index (χ1v) is 11.5. The first-order valence-electron chi connectivity index (χ1n) is 11.5. The molecule has 11 heteroatoms. The van der Waals surface area contributed by atoms with Gasteiger partial charge in [-0.15, -0.1) is 0 Å². The molecule has 1 saturated heterocycles. The zero-order valence-electron chi connectivity index (χ0n) is 19.2. The Morgan fingerprint density at radius 2 is 2.00 bits per heavy atom. The average Bonchev–Trinajstić information content (AvgIpc) is 2.86. The zero-order chi connectivity index (χ0) is 25.4. The summed E-state index contributed by atoms with van der Waals surface area (Å²) in [4.78, 5) is 46.9. The van der Waals surface area contributed by atoms with Crippen LogP contribution >= 0.6 is 0 Å². The number of carbonyl (C=O) groups is 2. The first-order chi connectivity index (χ1) is 17.3. The lowest BCUT2D eigenvalue weighted by Crippen LogP contribution is -2.60. The number of benzene rings is 1. The molecule has 2 aromatic heterocycles. The van der Waals surface area contributed by atoms with E-state index in [2.05, 4.69) is 15.2 Å². The van der Waals surface area contributed by atoms with Gasteiger partial charge in [-0.25, -0.2) is 8.78 Å². The Kier molecular flexibility index (Phi) is 6.23. The summed E-state index contributed by atoms with van der Waals surface area (Å²) < 4.78 is 28.5. The van der Waals surface area contributed by atoms with Crippen molar-refractivity contribution in [1.82, 2.24) is 24.7 Å². The molecule has 0 bridgehead atoms. The van der Waals surface area contributed by atoms with E-state index in [1.165, 1.54) is 16.8 Å². The van der Waals surface area contributed by atoms with Gasteiger partial charge in [-0.3, -0.25) is 24.3 Å². The highest BCUT2D eigenvalue weighted by molar-refractivity contribution is 5.99. The lowest BCUT2D eigenvalue weighted by molar-refractivity contribution is -0.0145. The Bertz CT molecular complexity index is 1400. The van der Waals surface area contributed by atoms with Gasteiger partial charge in [0.15, 0.2) is 11.4 Å². The molecule has 5 rings (SSSR count). The number of halogens is 2. The molecular formula is C25H23F2N5O4. The lowest BCUT2D eigenvalue weighted by Gasteiger charge is -2.47. The summed E-state index contributed by atoms with van der Waals surface area (Å²) in [6, 6.07) is 8.54. The van der Waals surface area contributed by atoms with Gasteiger partial charge in [-0.2, -0.15) is 0 Å². The fourth-order valence-electron chi connectivity index (χ4n) is 4.70. The van der Waals surface area contributed by atoms with Crippen molar-refractivity contribution in [2.24, 2.45) is 0 Å². The minimum atomic E-state index is -0.993. The van der Waals surface area contributed by atoms with Gasteiger partial charge in [0.25, 0.3) is 11.8 Å². The fourth-order valence-corrected chi connectivity index (χ4v) is 4.70. The van der Waals surface area contributed by atoms with E-state index in [4.69, 9.17) is 0 Å². The van der Waals surface area contributed by atoms with Gasteiger partial charge in [0.05, 0.1) is 12.2 Å². The van der Waals surface area contributed by atoms with E-state index in [1.54, 1.807) is 11.1 Å². The zero-order valence-corrected chi connectivity index (χ0v) is 19.2. The number of hydrogen-bond donors (Lipinski definition) is 2. The van der Waals surface area contributed by atoms with Crippen LogP contribution in [0.25, 0.3) is 0 Å². The second-order valence-corrected chi connectivity index (χ2v) is 8.76. The number of rotatable bonds is 5. The predicted octanol–water partition coefficient (Wildman–Crippen LogP) is 1.84. The van der Waals surface area contributed by atoms with Gasteiger partial charge < -0.3 is 19.9 Å². The molecule has 0 spiro atoms. The van der Waals surface area contributed by atoms with E-state index in [9.17, 15) is 28.3 Å². The number of aromatic hydroxyl groups is 1. The third kappa shape index (κ3) is 4.33. The molecule has 0 radical (unpaired) electrons. The smallest absolute Gasteiger partial charge is 0.275 e. The molecule has 9 nitrogen and oxygen atoms in total. The molecule has 36 heavy (non-hydrogen) atoms. The topological polar surface area (TPSA) is 108 Å². The fraction of sp³-hybridized carbons (Fsp3) is 0.280. The molecule has 2 aliphatic heterocycles. The second kappa shape index (κ2) is 9.50. The molecule has 0 aliphatic carbocycles. The number of aromatic nitrogens is 2. The van der Waals surface area contributed by atoms with Crippen LogP contribution in [0.1, 0.15) is 38.5 Å². The molecule has 186 valence electrons. The van der Waals surface area contributed by atoms with Crippen LogP contribution in [0.5, 0.6) is 5.75 Å². The summed E-state index contributed by atoms with van der Waals surface area (Å²) >= 11 is 0. The van der Waals surface area contributed by atoms with Crippen molar-refractivity contribution in [2.45, 2.75) is 32.2 Å². The van der Waals surface area contributed by atoms with Crippen molar-refractivity contribution in [3.05, 3.63) is 93.2 Å². The third-order valence-electron chi connectivity index (χ3n) is 6.50. The number of fused-ring (bicyclic) bond motifs is 2. The van der Waals surface area contributed by atoms with Gasteiger partial charge in [0.1, 0.15) is 23.4 Å². The SMILES string of the molecule is O=C(NCc1ccc(F)cc1F)c1cn2c(c(O)c1=O)C(=O)N1CCCN(Cc3ccccn3)C1C2. The Morgan fingerprint density at radius 3 is 2.75 bits per heavy atom. The summed E-state index contributed by atoms with van der Waals surface area (Å²) in [5.41, 5.74) is -0.671. The number of hydrogen-bond acceptors (Lipinski definition) is 6. The molecule has 2 amide bonds. The van der Waals surface area contributed by atoms with Crippen LogP contribution in [0.4, 0.5) is 8.78 Å². The lowest BCUT2D eigenvalue weighted by atomic mass is 10.1. The molecule has 1 atom stereocenters. The van der Waals surface area contributed by atoms with E-state index >= 15 is 0 Å². The molecule has 2 N–H and O–H groups in total. The summed E-state index contributed by atoms with van der Waals surface area (Å²) in [5, 5.41) is 13.0. The van der Waals surface area contributed by atoms with Crippen molar-refractivity contribution in [3.8, 4) is 5.75 Å². The van der Waals surface area contributed by atoms with Gasteiger partial charge >= 0.3 is 0 Å². The molecule has 1 unspecified atom stereocenters. The highest BCUT2D eigenvalue weighted by Gasteiger charge is 2.40. The van der Waals surface area contributed by atoms with Gasteiger partial charge in [0.2, 0.25) is 5.43 Å². The molecule has 1 aromatic carbocycles. The number of nitrogens with one attached hydrogen (secondary N) is 1. The summed E-state index contributed by atoms with van der Waals surface area (Å²) in [6.07, 6.45) is 3.31. The van der Waals surface area contributed by atoms with E-state index in [0.29, 0.717) is 19.2 Å². The van der Waals surface area contributed by atoms with Crippen LogP contribution in [0.2, 0.25) is 0 Å². The number of amides is 2. The van der Waals surface area contributed by atoms with Crippen LogP contribution in [0.15, 0.2) is 53.6 Å². The minimum absolute atomic E-state index is 0.0326. The van der Waals surface area contributed by atoms with E-state index in [0.717, 1.165) is 24.7 Å². The van der Waals surface area contributed by atoms with E-state index in [1.807, 2.05) is 18.2 Å². The summed E-state index contributed by atoms with van der Waals surface area (Å²) in [5.74, 6) is -3.73. The van der Waals surface area contributed by atoms with Crippen LogP contribution in [0.3, 0.4) is 0 Å². The maximum atomic E-state index is 13.9. The highest BCUT2D eigenvalue weighted by Crippen LogP contribution is 2.28. The first kappa shape index (κ1) is 23.6. The van der Waals surface area contributed by atoms with Crippen molar-refractivity contribution in [1.29, 1.82) is 0 Å². The van der Waals surface area contributed by atoms with Gasteiger partial charge in [0, 0.05) is 50.2 Å². The molecule has 4 heterocycles. The van der Waals surface area contributed by atoms with Crippen LogP contribution in [-0.2, 0) is 19.6 Å². The third-order valence-corrected chi connectivity index (χ3v) is 6.50. The molecule has 2 aliphatic rings. The van der Waals surface area contributed by atoms with Gasteiger partial charge in [-0.1, -0.05) is 12.1 Å². The molecule has 3 aromatic rings. The maximum absolute atomic E-state index is 13.9. The Balaban J connectivity index is 1.42. The van der Waals surface area contributed by atoms with Crippen molar-refractivity contribution in [3.63, 3.8) is 0 Å². The quantitative estimate of drug-likeness (QED) is 0.560. The van der Waals surface area contributed by atoms with Crippen LogP contribution in [0, 0.1) is 11.6 Å². The predicted molar refractivity (Wildman–Crippen MR) is 124 cm³/mol. The van der Waals surface area contributed by atoms with Crippen LogP contribution < -0.4 is 10.7 Å². The van der Waals surface area contributed by atoms with Crippen LogP contribution in [-0.4, -0.2) is 55.5 Å². The van der Waals surface area contributed by atoms with E-state index < -0.39 is 34.6 Å². The number of nitrogens with zero attached hydrogens (tertiary/aromatic N) is 4. The summed E-state index contributed by atoms with van der Waals surface area (Å²) in [6.45, 7) is 1.65. The van der Waals surface area contributed by atoms with E-state index in [-0.39, 0.29) is 36.1 Å². The molecular weight excluding hydrogens is 472 g/mol. The Morgan fingerprint density at radius 1 is 1.17 bits per heavy atom. The van der Waals surface area contributed by atoms with Crippen molar-refractivity contribution >= 4 is 11.8 Å². The summed E-state index contributed by atoms with van der Waals surface area (Å²) in [7, 11) is 0. The normalized spacial score (nSPS) is 17.4. The maximum Gasteiger partial charge on any atom is 0.275 e. The van der Waals surface area contributed by atoms with Gasteiger partial charge in [-0.05, 0) is 24.6 Å². The Labute approximate surface area is 204 Å². The highest BCUT2D eigenvalue weighted by atomic mass is 19.1. The Hall–Kier alpha value is -4.12. The minimum Gasteiger partial charge on any atom is -0.503 e. The van der Waals surface area contributed by atoms with Crippen molar-refractivity contribution in [2.75, 3.05) is 13.1 Å². The standard InChI is InChI=1S/C25H23F2N5O4/c26-16-6-5-15(19(27)10-16)11-29-24(35)18-13-31-14-20-30(12-17-4-1-2-7-28-17)8-3-9-32(20)25(36)21(31)23(34)22(18)33/h1-2,4-7,10,13,20,34H,3,8-9,11-12,14H2,(H,29,35). The number of pyridine rings is 2. The van der Waals surface area contributed by atoms with Crippen molar-refractivity contribution < 1.29 is 23.5 Å². The number of carbonyl (C=O) groups excluding carboxylic acids is 2. The largest absolute Gasteiger partial charge is 0.503 e. The monoisotopic (exact) mass is 495 g/mol. The molecule has 1 fully saturated rings. The second-order valence-electron chi connectivity index (χ2n) is 8.76. The molecule has 0 saturated carbocycles. The average molecular weight is 495 g/mol.